The van der Waals surface area contributed by atoms with Crippen LogP contribution in [0.2, 0.25) is 0 Å². The van der Waals surface area contributed by atoms with Gasteiger partial charge in [0.1, 0.15) is 16.9 Å². The molecule has 4 rings (SSSR count). The molecule has 0 spiro atoms. The summed E-state index contributed by atoms with van der Waals surface area (Å²) in [6.45, 7) is 0. The van der Waals surface area contributed by atoms with Crippen molar-refractivity contribution in [3.8, 4) is 17.2 Å². The lowest BCUT2D eigenvalue weighted by atomic mass is 10.1. The third kappa shape index (κ3) is 4.41. The van der Waals surface area contributed by atoms with Gasteiger partial charge in [0.25, 0.3) is 5.91 Å². The van der Waals surface area contributed by atoms with Crippen LogP contribution in [0, 0.1) is 0 Å². The monoisotopic (exact) mass is 430 g/mol. The summed E-state index contributed by atoms with van der Waals surface area (Å²) < 4.78 is 21.8. The molecule has 0 fully saturated rings. The number of benzene rings is 3. The molecular weight excluding hydrogens is 408 g/mol. The highest BCUT2D eigenvalue weighted by molar-refractivity contribution is 6.05. The number of carbonyl (C=O) groups excluding carboxylic acids is 1. The normalized spacial score (nSPS) is 11.3. The van der Waals surface area contributed by atoms with Gasteiger partial charge in [0.05, 0.1) is 27.0 Å². The van der Waals surface area contributed by atoms with Crippen LogP contribution in [0.25, 0.3) is 11.0 Å². The zero-order valence-electron chi connectivity index (χ0n) is 17.9. The molecule has 162 valence electrons. The van der Waals surface area contributed by atoms with Gasteiger partial charge < -0.3 is 23.9 Å². The molecular formula is C25H22N2O5. The molecule has 32 heavy (non-hydrogen) atoms. The largest absolute Gasteiger partial charge is 0.497 e. The molecule has 7 nitrogen and oxygen atoms in total. The van der Waals surface area contributed by atoms with E-state index >= 15 is 0 Å². The molecule has 1 amide bonds. The summed E-state index contributed by atoms with van der Waals surface area (Å²) in [5, 5.41) is 3.67. The second-order valence-corrected chi connectivity index (χ2v) is 6.84. The second kappa shape index (κ2) is 9.26. The van der Waals surface area contributed by atoms with E-state index in [2.05, 4.69) is 10.3 Å². The Kier molecular flexibility index (Phi) is 6.07. The smallest absolute Gasteiger partial charge is 0.261 e. The SMILES string of the molecule is COc1ccc(NC(=O)c2cc3ccccc3oc2=Nc2ccc(OC)c(OC)c2)cc1. The third-order valence-corrected chi connectivity index (χ3v) is 4.85. The Morgan fingerprint density at radius 1 is 0.844 bits per heavy atom. The fraction of sp³-hybridized carbons (Fsp3) is 0.120. The van der Waals surface area contributed by atoms with Crippen molar-refractivity contribution >= 4 is 28.3 Å². The topological polar surface area (TPSA) is 82.3 Å². The van der Waals surface area contributed by atoms with Crippen LogP contribution in [0.1, 0.15) is 10.4 Å². The highest BCUT2D eigenvalue weighted by atomic mass is 16.5. The van der Waals surface area contributed by atoms with E-state index in [0.717, 1.165) is 5.39 Å². The molecule has 7 heteroatoms. The average Bonchev–Trinajstić information content (AvgIpc) is 2.84. The van der Waals surface area contributed by atoms with Crippen LogP contribution in [0.3, 0.4) is 0 Å². The number of rotatable bonds is 6. The summed E-state index contributed by atoms with van der Waals surface area (Å²) in [5.74, 6) is 1.47. The van der Waals surface area contributed by atoms with E-state index in [0.29, 0.717) is 39.8 Å². The van der Waals surface area contributed by atoms with Crippen molar-refractivity contribution in [1.29, 1.82) is 0 Å². The van der Waals surface area contributed by atoms with Crippen molar-refractivity contribution in [1.82, 2.24) is 0 Å². The van der Waals surface area contributed by atoms with Crippen LogP contribution in [-0.2, 0) is 0 Å². The zero-order valence-corrected chi connectivity index (χ0v) is 17.9. The Morgan fingerprint density at radius 3 is 2.31 bits per heavy atom. The Bertz CT molecular complexity index is 1330. The lowest BCUT2D eigenvalue weighted by molar-refractivity contribution is 0.102. The predicted octanol–water partition coefficient (Wildman–Crippen LogP) is 4.94. The van der Waals surface area contributed by atoms with Crippen molar-refractivity contribution in [2.75, 3.05) is 26.6 Å². The fourth-order valence-electron chi connectivity index (χ4n) is 3.20. The molecule has 4 aromatic rings. The number of hydrogen-bond acceptors (Lipinski definition) is 6. The molecule has 0 atom stereocenters. The summed E-state index contributed by atoms with van der Waals surface area (Å²) >= 11 is 0. The Hall–Kier alpha value is -4.26. The number of amides is 1. The molecule has 0 unspecified atom stereocenters. The number of hydrogen-bond donors (Lipinski definition) is 1. The van der Waals surface area contributed by atoms with E-state index in [9.17, 15) is 4.79 Å². The first-order valence-electron chi connectivity index (χ1n) is 9.86. The molecule has 0 aliphatic heterocycles. The highest BCUT2D eigenvalue weighted by Gasteiger charge is 2.14. The molecule has 1 aromatic heterocycles. The Morgan fingerprint density at radius 2 is 1.59 bits per heavy atom. The van der Waals surface area contributed by atoms with E-state index in [4.69, 9.17) is 18.6 Å². The summed E-state index contributed by atoms with van der Waals surface area (Å²) in [6, 6.07) is 21.5. The predicted molar refractivity (Wildman–Crippen MR) is 122 cm³/mol. The number of fused-ring (bicyclic) bond motifs is 1. The van der Waals surface area contributed by atoms with Crippen molar-refractivity contribution in [3.05, 3.63) is 83.9 Å². The first-order chi connectivity index (χ1) is 15.6. The summed E-state index contributed by atoms with van der Waals surface area (Å²) in [4.78, 5) is 17.7. The molecule has 0 aliphatic carbocycles. The van der Waals surface area contributed by atoms with Gasteiger partial charge in [-0.05, 0) is 48.5 Å². The van der Waals surface area contributed by atoms with E-state index in [1.807, 2.05) is 24.3 Å². The van der Waals surface area contributed by atoms with Gasteiger partial charge in [-0.1, -0.05) is 18.2 Å². The maximum atomic E-state index is 13.1. The highest BCUT2D eigenvalue weighted by Crippen LogP contribution is 2.31. The number of anilines is 1. The van der Waals surface area contributed by atoms with Crippen LogP contribution in [0.4, 0.5) is 11.4 Å². The van der Waals surface area contributed by atoms with E-state index < -0.39 is 0 Å². The van der Waals surface area contributed by atoms with Crippen molar-refractivity contribution in [3.63, 3.8) is 0 Å². The number of para-hydroxylation sites is 1. The molecule has 0 radical (unpaired) electrons. The summed E-state index contributed by atoms with van der Waals surface area (Å²) in [6.07, 6.45) is 0. The van der Waals surface area contributed by atoms with E-state index in [-0.39, 0.29) is 11.5 Å². The molecule has 3 aromatic carbocycles. The second-order valence-electron chi connectivity index (χ2n) is 6.84. The number of nitrogens with zero attached hydrogens (tertiary/aromatic N) is 1. The molecule has 0 saturated carbocycles. The van der Waals surface area contributed by atoms with Gasteiger partial charge in [-0.15, -0.1) is 0 Å². The standard InChI is InChI=1S/C25H22N2O5/c1-29-19-11-8-17(9-12-19)26-24(28)20-14-16-6-4-5-7-21(16)32-25(20)27-18-10-13-22(30-2)23(15-18)31-3/h4-15H,1-3H3,(H,26,28). The van der Waals surface area contributed by atoms with Crippen molar-refractivity contribution in [2.24, 2.45) is 4.99 Å². The molecule has 1 N–H and O–H groups in total. The summed E-state index contributed by atoms with van der Waals surface area (Å²) in [5.41, 5.74) is 2.28. The maximum absolute atomic E-state index is 13.1. The van der Waals surface area contributed by atoms with Crippen LogP contribution in [0.5, 0.6) is 17.2 Å². The number of ether oxygens (including phenoxy) is 3. The minimum atomic E-state index is -0.344. The number of methoxy groups -OCH3 is 3. The molecule has 0 aliphatic rings. The number of nitrogens with one attached hydrogen (secondary N) is 1. The maximum Gasteiger partial charge on any atom is 0.261 e. The van der Waals surface area contributed by atoms with Gasteiger partial charge in [0, 0.05) is 17.1 Å². The van der Waals surface area contributed by atoms with Crippen molar-refractivity contribution < 1.29 is 23.4 Å². The first kappa shape index (κ1) is 21.0. The first-order valence-corrected chi connectivity index (χ1v) is 9.86. The van der Waals surface area contributed by atoms with Gasteiger partial charge in [-0.3, -0.25) is 4.79 Å². The van der Waals surface area contributed by atoms with Crippen molar-refractivity contribution in [2.45, 2.75) is 0 Å². The van der Waals surface area contributed by atoms with Crippen LogP contribution in [-0.4, -0.2) is 27.2 Å². The lowest BCUT2D eigenvalue weighted by Crippen LogP contribution is -2.21. The molecule has 1 heterocycles. The van der Waals surface area contributed by atoms with Crippen LogP contribution < -0.4 is 25.1 Å². The lowest BCUT2D eigenvalue weighted by Gasteiger charge is -2.09. The quantitative estimate of drug-likeness (QED) is 0.468. The number of carbonyl (C=O) groups is 1. The minimum absolute atomic E-state index is 0.182. The van der Waals surface area contributed by atoms with Gasteiger partial charge in [-0.2, -0.15) is 0 Å². The Labute approximate surface area is 184 Å². The van der Waals surface area contributed by atoms with E-state index in [1.165, 1.54) is 0 Å². The Balaban J connectivity index is 1.79. The van der Waals surface area contributed by atoms with Gasteiger partial charge in [-0.25, -0.2) is 4.99 Å². The third-order valence-electron chi connectivity index (χ3n) is 4.85. The molecule has 0 bridgehead atoms. The van der Waals surface area contributed by atoms with Gasteiger partial charge in [0.2, 0.25) is 5.55 Å². The van der Waals surface area contributed by atoms with Crippen LogP contribution in [0.15, 0.2) is 82.2 Å². The zero-order chi connectivity index (χ0) is 22.5. The average molecular weight is 430 g/mol. The van der Waals surface area contributed by atoms with Gasteiger partial charge >= 0.3 is 0 Å². The minimum Gasteiger partial charge on any atom is -0.497 e. The van der Waals surface area contributed by atoms with Crippen LogP contribution >= 0.6 is 0 Å². The molecule has 0 saturated heterocycles. The van der Waals surface area contributed by atoms with Gasteiger partial charge in [0.15, 0.2) is 11.5 Å². The fourth-order valence-corrected chi connectivity index (χ4v) is 3.20. The summed E-state index contributed by atoms with van der Waals surface area (Å²) in [7, 11) is 4.71. The van der Waals surface area contributed by atoms with E-state index in [1.54, 1.807) is 69.9 Å².